The first-order chi connectivity index (χ1) is 9.74. The summed E-state index contributed by atoms with van der Waals surface area (Å²) >= 11 is 1.59. The number of thiazole rings is 1. The highest BCUT2D eigenvalue weighted by atomic mass is 32.1. The topological polar surface area (TPSA) is 83.8 Å². The number of amides is 1. The monoisotopic (exact) mass is 286 g/mol. The average Bonchev–Trinajstić information content (AvgIpc) is 3.07. The van der Waals surface area contributed by atoms with E-state index >= 15 is 0 Å². The fraction of sp³-hybridized carbons (Fsp3) is 0.143. The third kappa shape index (κ3) is 2.50. The van der Waals surface area contributed by atoms with Crippen LogP contribution >= 0.6 is 11.3 Å². The molecule has 0 spiro atoms. The lowest BCUT2D eigenvalue weighted by Crippen LogP contribution is -2.25. The summed E-state index contributed by atoms with van der Waals surface area (Å²) in [5, 5.41) is 6.74. The molecule has 0 saturated carbocycles. The minimum Gasteiger partial charge on any atom is -0.399 e. The van der Waals surface area contributed by atoms with Gasteiger partial charge in [0, 0.05) is 47.3 Å². The van der Waals surface area contributed by atoms with E-state index in [2.05, 4.69) is 15.3 Å². The Labute approximate surface area is 119 Å². The zero-order chi connectivity index (χ0) is 13.9. The quantitative estimate of drug-likeness (QED) is 0.643. The van der Waals surface area contributed by atoms with Crippen molar-refractivity contribution >= 4 is 33.8 Å². The third-order valence-corrected chi connectivity index (χ3v) is 3.90. The van der Waals surface area contributed by atoms with Crippen LogP contribution in [0.2, 0.25) is 0 Å². The Bertz CT molecular complexity index is 733. The Hall–Kier alpha value is -2.34. The van der Waals surface area contributed by atoms with Crippen molar-refractivity contribution in [3.05, 3.63) is 46.5 Å². The van der Waals surface area contributed by atoms with Crippen LogP contribution in [-0.2, 0) is 6.42 Å². The standard InChI is InChI=1S/C14H14N4OS/c15-9-1-2-10-11(8-18-12(10)7-9)14(19)17-4-3-13-16-5-6-20-13/h1-2,5-8,18H,3-4,15H2,(H,17,19). The normalized spacial score (nSPS) is 10.8. The highest BCUT2D eigenvalue weighted by molar-refractivity contribution is 7.09. The molecule has 0 atom stereocenters. The minimum atomic E-state index is -0.0856. The maximum absolute atomic E-state index is 12.2. The summed E-state index contributed by atoms with van der Waals surface area (Å²) in [6.45, 7) is 0.577. The second-order valence-corrected chi connectivity index (χ2v) is 5.42. The van der Waals surface area contributed by atoms with E-state index in [1.54, 1.807) is 29.8 Å². The summed E-state index contributed by atoms with van der Waals surface area (Å²) in [5.74, 6) is -0.0856. The molecular weight excluding hydrogens is 272 g/mol. The number of H-pyrrole nitrogens is 1. The molecule has 2 heterocycles. The van der Waals surface area contributed by atoms with Crippen LogP contribution < -0.4 is 11.1 Å². The van der Waals surface area contributed by atoms with E-state index in [4.69, 9.17) is 5.73 Å². The van der Waals surface area contributed by atoms with Crippen molar-refractivity contribution in [2.75, 3.05) is 12.3 Å². The number of hydrogen-bond donors (Lipinski definition) is 3. The number of nitrogens with two attached hydrogens (primary N) is 1. The molecule has 3 rings (SSSR count). The summed E-state index contributed by atoms with van der Waals surface area (Å²) < 4.78 is 0. The number of nitrogens with zero attached hydrogens (tertiary/aromatic N) is 1. The number of carbonyl (C=O) groups is 1. The number of rotatable bonds is 4. The Morgan fingerprint density at radius 3 is 3.15 bits per heavy atom. The molecule has 102 valence electrons. The Balaban J connectivity index is 1.69. The average molecular weight is 286 g/mol. The van der Waals surface area contributed by atoms with E-state index in [9.17, 15) is 4.79 Å². The van der Waals surface area contributed by atoms with Crippen LogP contribution in [-0.4, -0.2) is 22.4 Å². The summed E-state index contributed by atoms with van der Waals surface area (Å²) in [4.78, 5) is 19.4. The van der Waals surface area contributed by atoms with Crippen LogP contribution in [0.5, 0.6) is 0 Å². The van der Waals surface area contributed by atoms with Gasteiger partial charge in [0.25, 0.3) is 5.91 Å². The Morgan fingerprint density at radius 1 is 1.45 bits per heavy atom. The van der Waals surface area contributed by atoms with Gasteiger partial charge in [-0.25, -0.2) is 4.98 Å². The molecule has 0 fully saturated rings. The number of hydrogen-bond acceptors (Lipinski definition) is 4. The van der Waals surface area contributed by atoms with Crippen LogP contribution in [0.4, 0.5) is 5.69 Å². The maximum atomic E-state index is 12.2. The molecule has 0 aliphatic rings. The maximum Gasteiger partial charge on any atom is 0.253 e. The van der Waals surface area contributed by atoms with Crippen LogP contribution in [0.25, 0.3) is 10.9 Å². The first-order valence-corrected chi connectivity index (χ1v) is 7.15. The number of aromatic amines is 1. The highest BCUT2D eigenvalue weighted by Gasteiger charge is 2.11. The number of aromatic nitrogens is 2. The van der Waals surface area contributed by atoms with Gasteiger partial charge in [-0.05, 0) is 18.2 Å². The summed E-state index contributed by atoms with van der Waals surface area (Å²) in [6.07, 6.45) is 4.23. The molecule has 20 heavy (non-hydrogen) atoms. The molecule has 0 saturated heterocycles. The molecule has 3 aromatic rings. The summed E-state index contributed by atoms with van der Waals surface area (Å²) in [5.41, 5.74) is 7.90. The molecule has 6 heteroatoms. The molecular formula is C14H14N4OS. The lowest BCUT2D eigenvalue weighted by molar-refractivity contribution is 0.0956. The van der Waals surface area contributed by atoms with Crippen LogP contribution in [0.15, 0.2) is 36.0 Å². The van der Waals surface area contributed by atoms with Gasteiger partial charge >= 0.3 is 0 Å². The number of nitrogens with one attached hydrogen (secondary N) is 2. The van der Waals surface area contributed by atoms with Gasteiger partial charge in [-0.1, -0.05) is 0 Å². The van der Waals surface area contributed by atoms with Crippen molar-refractivity contribution < 1.29 is 4.79 Å². The summed E-state index contributed by atoms with van der Waals surface area (Å²) in [6, 6.07) is 5.47. The SMILES string of the molecule is Nc1ccc2c(C(=O)NCCc3nccs3)c[nH]c2c1. The van der Waals surface area contributed by atoms with Gasteiger partial charge in [0.05, 0.1) is 10.6 Å². The van der Waals surface area contributed by atoms with Crippen molar-refractivity contribution in [3.63, 3.8) is 0 Å². The molecule has 0 aliphatic heterocycles. The zero-order valence-corrected chi connectivity index (χ0v) is 11.5. The predicted octanol–water partition coefficient (Wildman–Crippen LogP) is 2.18. The fourth-order valence-electron chi connectivity index (χ4n) is 2.09. The fourth-order valence-corrected chi connectivity index (χ4v) is 2.71. The molecule has 2 aromatic heterocycles. The van der Waals surface area contributed by atoms with Crippen molar-refractivity contribution in [1.82, 2.24) is 15.3 Å². The van der Waals surface area contributed by atoms with E-state index in [0.717, 1.165) is 22.3 Å². The first kappa shape index (κ1) is 12.7. The molecule has 1 amide bonds. The van der Waals surface area contributed by atoms with Gasteiger partial charge in [-0.2, -0.15) is 0 Å². The smallest absolute Gasteiger partial charge is 0.253 e. The Morgan fingerprint density at radius 2 is 2.35 bits per heavy atom. The number of benzene rings is 1. The van der Waals surface area contributed by atoms with Crippen molar-refractivity contribution in [1.29, 1.82) is 0 Å². The predicted molar refractivity (Wildman–Crippen MR) is 80.9 cm³/mol. The van der Waals surface area contributed by atoms with E-state index in [1.807, 2.05) is 17.5 Å². The first-order valence-electron chi connectivity index (χ1n) is 6.27. The largest absolute Gasteiger partial charge is 0.399 e. The van der Waals surface area contributed by atoms with E-state index in [1.165, 1.54) is 0 Å². The molecule has 0 radical (unpaired) electrons. The van der Waals surface area contributed by atoms with Gasteiger partial charge in [-0.15, -0.1) is 11.3 Å². The highest BCUT2D eigenvalue weighted by Crippen LogP contribution is 2.20. The Kier molecular flexibility index (Phi) is 3.39. The van der Waals surface area contributed by atoms with Gasteiger partial charge in [-0.3, -0.25) is 4.79 Å². The third-order valence-electron chi connectivity index (χ3n) is 3.06. The van der Waals surface area contributed by atoms with Crippen molar-refractivity contribution in [3.8, 4) is 0 Å². The van der Waals surface area contributed by atoms with E-state index in [-0.39, 0.29) is 5.91 Å². The van der Waals surface area contributed by atoms with Crippen LogP contribution in [0.1, 0.15) is 15.4 Å². The second kappa shape index (κ2) is 5.34. The molecule has 0 unspecified atom stereocenters. The zero-order valence-electron chi connectivity index (χ0n) is 10.7. The molecule has 5 nitrogen and oxygen atoms in total. The van der Waals surface area contributed by atoms with Gasteiger partial charge in [0.15, 0.2) is 0 Å². The van der Waals surface area contributed by atoms with Gasteiger partial charge in [0.2, 0.25) is 0 Å². The van der Waals surface area contributed by atoms with E-state index < -0.39 is 0 Å². The van der Waals surface area contributed by atoms with Gasteiger partial charge < -0.3 is 16.0 Å². The number of nitrogen functional groups attached to an aromatic ring is 1. The van der Waals surface area contributed by atoms with Crippen LogP contribution in [0, 0.1) is 0 Å². The number of anilines is 1. The summed E-state index contributed by atoms with van der Waals surface area (Å²) in [7, 11) is 0. The number of carbonyl (C=O) groups excluding carboxylic acids is 1. The molecule has 0 aliphatic carbocycles. The lowest BCUT2D eigenvalue weighted by atomic mass is 10.1. The molecule has 1 aromatic carbocycles. The van der Waals surface area contributed by atoms with Crippen molar-refractivity contribution in [2.24, 2.45) is 0 Å². The minimum absolute atomic E-state index is 0.0856. The van der Waals surface area contributed by atoms with E-state index in [0.29, 0.717) is 17.8 Å². The molecule has 4 N–H and O–H groups in total. The van der Waals surface area contributed by atoms with Crippen molar-refractivity contribution in [2.45, 2.75) is 6.42 Å². The lowest BCUT2D eigenvalue weighted by Gasteiger charge is -2.03. The van der Waals surface area contributed by atoms with Gasteiger partial charge in [0.1, 0.15) is 0 Å². The molecule has 0 bridgehead atoms. The second-order valence-electron chi connectivity index (χ2n) is 4.44. The van der Waals surface area contributed by atoms with Crippen LogP contribution in [0.3, 0.4) is 0 Å². The number of fused-ring (bicyclic) bond motifs is 1.